The third kappa shape index (κ3) is 2.28. The minimum atomic E-state index is -0.101. The predicted octanol–water partition coefficient (Wildman–Crippen LogP) is 4.55. The highest BCUT2D eigenvalue weighted by Gasteiger charge is 2.59. The van der Waals surface area contributed by atoms with Crippen molar-refractivity contribution in [2.75, 3.05) is 6.61 Å². The zero-order chi connectivity index (χ0) is 17.1. The standard InChI is InChI=1S/C22H36O2/c1-14(13-23)18-6-7-19-17-5-4-15-12-16(24)8-10-21(15,2)20(17)9-11-22(18,19)3/h4,14,16-20,23-24H,5-13H2,1-3H3/t14?,16?,17-,18+,19-,20-,21-,22+/m0/s1. The summed E-state index contributed by atoms with van der Waals surface area (Å²) in [6.07, 6.45) is 12.1. The quantitative estimate of drug-likeness (QED) is 0.728. The van der Waals surface area contributed by atoms with Crippen molar-refractivity contribution >= 4 is 0 Å². The summed E-state index contributed by atoms with van der Waals surface area (Å²) in [4.78, 5) is 0. The van der Waals surface area contributed by atoms with Gasteiger partial charge in [0.05, 0.1) is 6.10 Å². The molecule has 8 atom stereocenters. The smallest absolute Gasteiger partial charge is 0.0577 e. The normalized spacial score (nSPS) is 52.0. The van der Waals surface area contributed by atoms with Gasteiger partial charge in [0.25, 0.3) is 0 Å². The maximum atomic E-state index is 10.1. The van der Waals surface area contributed by atoms with E-state index >= 15 is 0 Å². The zero-order valence-electron chi connectivity index (χ0n) is 15.8. The Labute approximate surface area is 147 Å². The summed E-state index contributed by atoms with van der Waals surface area (Å²) in [5.74, 6) is 3.66. The Hall–Kier alpha value is -0.340. The van der Waals surface area contributed by atoms with E-state index in [0.29, 0.717) is 29.3 Å². The third-order valence-corrected chi connectivity index (χ3v) is 9.13. The highest BCUT2D eigenvalue weighted by molar-refractivity contribution is 5.25. The maximum Gasteiger partial charge on any atom is 0.0577 e. The zero-order valence-corrected chi connectivity index (χ0v) is 15.8. The lowest BCUT2D eigenvalue weighted by atomic mass is 9.47. The van der Waals surface area contributed by atoms with Crippen molar-refractivity contribution < 1.29 is 10.2 Å². The monoisotopic (exact) mass is 332 g/mol. The molecule has 0 aromatic carbocycles. The van der Waals surface area contributed by atoms with Crippen LogP contribution in [0.4, 0.5) is 0 Å². The van der Waals surface area contributed by atoms with Gasteiger partial charge in [0.2, 0.25) is 0 Å². The van der Waals surface area contributed by atoms with Gasteiger partial charge in [-0.2, -0.15) is 0 Å². The van der Waals surface area contributed by atoms with Gasteiger partial charge >= 0.3 is 0 Å². The minimum Gasteiger partial charge on any atom is -0.396 e. The van der Waals surface area contributed by atoms with E-state index in [1.807, 2.05) is 0 Å². The SMILES string of the molecule is CC(CO)[C@H]1CC[C@H]2[C@@H]3CC=C4CC(O)CC[C@]4(C)[C@H]3CC[C@]12C. The highest BCUT2D eigenvalue weighted by Crippen LogP contribution is 2.67. The van der Waals surface area contributed by atoms with Crippen molar-refractivity contribution in [2.45, 2.75) is 78.2 Å². The molecule has 0 aromatic heterocycles. The molecule has 0 saturated heterocycles. The van der Waals surface area contributed by atoms with Crippen LogP contribution in [-0.4, -0.2) is 22.9 Å². The van der Waals surface area contributed by atoms with E-state index in [0.717, 1.165) is 30.6 Å². The molecule has 0 radical (unpaired) electrons. The van der Waals surface area contributed by atoms with Crippen molar-refractivity contribution in [3.8, 4) is 0 Å². The van der Waals surface area contributed by atoms with Gasteiger partial charge in [-0.05, 0) is 91.8 Å². The van der Waals surface area contributed by atoms with Gasteiger partial charge in [0, 0.05) is 6.61 Å². The molecule has 0 heterocycles. The van der Waals surface area contributed by atoms with E-state index in [-0.39, 0.29) is 6.10 Å². The van der Waals surface area contributed by atoms with E-state index < -0.39 is 0 Å². The summed E-state index contributed by atoms with van der Waals surface area (Å²) in [6.45, 7) is 7.66. The fraction of sp³-hybridized carbons (Fsp3) is 0.909. The lowest BCUT2D eigenvalue weighted by Crippen LogP contribution is -2.51. The Morgan fingerprint density at radius 1 is 1.12 bits per heavy atom. The van der Waals surface area contributed by atoms with Gasteiger partial charge in [0.15, 0.2) is 0 Å². The van der Waals surface area contributed by atoms with Crippen LogP contribution < -0.4 is 0 Å². The van der Waals surface area contributed by atoms with Crippen LogP contribution in [0, 0.1) is 40.4 Å². The summed E-state index contributed by atoms with van der Waals surface area (Å²) in [7, 11) is 0. The van der Waals surface area contributed by atoms with Gasteiger partial charge in [-0.25, -0.2) is 0 Å². The predicted molar refractivity (Wildman–Crippen MR) is 97.4 cm³/mol. The number of aliphatic hydroxyl groups is 2. The minimum absolute atomic E-state index is 0.101. The number of rotatable bonds is 2. The number of fused-ring (bicyclic) bond motifs is 5. The van der Waals surface area contributed by atoms with E-state index in [1.165, 1.54) is 38.5 Å². The van der Waals surface area contributed by atoms with E-state index in [4.69, 9.17) is 0 Å². The molecule has 4 aliphatic carbocycles. The Kier molecular flexibility index (Phi) is 4.16. The average molecular weight is 333 g/mol. The molecule has 0 aliphatic heterocycles. The van der Waals surface area contributed by atoms with E-state index in [9.17, 15) is 10.2 Å². The number of hydrogen-bond acceptors (Lipinski definition) is 2. The molecule has 2 unspecified atom stereocenters. The Morgan fingerprint density at radius 2 is 1.92 bits per heavy atom. The largest absolute Gasteiger partial charge is 0.396 e. The van der Waals surface area contributed by atoms with E-state index in [2.05, 4.69) is 26.8 Å². The maximum absolute atomic E-state index is 10.1. The van der Waals surface area contributed by atoms with Crippen LogP contribution in [0.15, 0.2) is 11.6 Å². The Balaban J connectivity index is 1.63. The molecule has 3 fully saturated rings. The molecule has 24 heavy (non-hydrogen) atoms. The Morgan fingerprint density at radius 3 is 2.67 bits per heavy atom. The van der Waals surface area contributed by atoms with Crippen LogP contribution in [0.3, 0.4) is 0 Å². The van der Waals surface area contributed by atoms with Gasteiger partial charge in [0.1, 0.15) is 0 Å². The molecule has 0 spiro atoms. The number of allylic oxidation sites excluding steroid dienone is 1. The van der Waals surface area contributed by atoms with Crippen molar-refractivity contribution in [1.82, 2.24) is 0 Å². The molecule has 2 N–H and O–H groups in total. The van der Waals surface area contributed by atoms with Gasteiger partial charge in [-0.15, -0.1) is 0 Å². The van der Waals surface area contributed by atoms with Crippen LogP contribution >= 0.6 is 0 Å². The molecule has 136 valence electrons. The first-order valence-electron chi connectivity index (χ1n) is 10.4. The van der Waals surface area contributed by atoms with Gasteiger partial charge in [-0.3, -0.25) is 0 Å². The van der Waals surface area contributed by atoms with Gasteiger partial charge < -0.3 is 10.2 Å². The first-order chi connectivity index (χ1) is 11.4. The molecule has 0 bridgehead atoms. The summed E-state index contributed by atoms with van der Waals surface area (Å²) in [6, 6.07) is 0. The number of hydrogen-bond donors (Lipinski definition) is 2. The Bertz CT molecular complexity index is 526. The second-order valence-corrected chi connectivity index (χ2v) is 10.0. The van der Waals surface area contributed by atoms with Crippen LogP contribution in [0.5, 0.6) is 0 Å². The summed E-state index contributed by atoms with van der Waals surface area (Å²) >= 11 is 0. The van der Waals surface area contributed by atoms with Gasteiger partial charge in [-0.1, -0.05) is 32.4 Å². The molecule has 0 aromatic rings. The number of aliphatic hydroxyl groups excluding tert-OH is 2. The molecule has 0 amide bonds. The van der Waals surface area contributed by atoms with Crippen LogP contribution in [-0.2, 0) is 0 Å². The average Bonchev–Trinajstić information content (AvgIpc) is 2.92. The lowest BCUT2D eigenvalue weighted by Gasteiger charge is -2.58. The fourth-order valence-corrected chi connectivity index (χ4v) is 7.74. The molecule has 2 heteroatoms. The topological polar surface area (TPSA) is 40.5 Å². The summed E-state index contributed by atoms with van der Waals surface area (Å²) < 4.78 is 0. The first-order valence-corrected chi connectivity index (χ1v) is 10.4. The second kappa shape index (κ2) is 5.84. The molecule has 3 saturated carbocycles. The highest BCUT2D eigenvalue weighted by atomic mass is 16.3. The van der Waals surface area contributed by atoms with Crippen molar-refractivity contribution in [3.05, 3.63) is 11.6 Å². The molecule has 4 aliphatic rings. The second-order valence-electron chi connectivity index (χ2n) is 10.0. The molecular weight excluding hydrogens is 296 g/mol. The summed E-state index contributed by atoms with van der Waals surface area (Å²) in [5, 5.41) is 19.8. The fourth-order valence-electron chi connectivity index (χ4n) is 7.74. The van der Waals surface area contributed by atoms with E-state index in [1.54, 1.807) is 5.57 Å². The third-order valence-electron chi connectivity index (χ3n) is 9.13. The first kappa shape index (κ1) is 17.1. The van der Waals surface area contributed by atoms with Crippen LogP contribution in [0.2, 0.25) is 0 Å². The van der Waals surface area contributed by atoms with Crippen molar-refractivity contribution in [3.63, 3.8) is 0 Å². The lowest BCUT2D eigenvalue weighted by molar-refractivity contribution is -0.0598. The molecule has 4 rings (SSSR count). The molecule has 2 nitrogen and oxygen atoms in total. The van der Waals surface area contributed by atoms with Crippen LogP contribution in [0.1, 0.15) is 72.1 Å². The summed E-state index contributed by atoms with van der Waals surface area (Å²) in [5.41, 5.74) is 2.37. The van der Waals surface area contributed by atoms with Crippen molar-refractivity contribution in [1.29, 1.82) is 0 Å². The van der Waals surface area contributed by atoms with Crippen LogP contribution in [0.25, 0.3) is 0 Å². The molecular formula is C22H36O2. The van der Waals surface area contributed by atoms with Crippen molar-refractivity contribution in [2.24, 2.45) is 40.4 Å².